The molecule has 2 amide bonds. The molecule has 1 aliphatic carbocycles. The summed E-state index contributed by atoms with van der Waals surface area (Å²) in [5.41, 5.74) is 8.41. The normalized spacial score (nSPS) is 17.4. The lowest BCUT2D eigenvalue weighted by Crippen LogP contribution is -2.41. The highest BCUT2D eigenvalue weighted by atomic mass is 32.2. The van der Waals surface area contributed by atoms with Gasteiger partial charge in [0.2, 0.25) is 10.0 Å². The van der Waals surface area contributed by atoms with Gasteiger partial charge in [0.05, 0.1) is 33.4 Å². The average Bonchev–Trinajstić information content (AvgIpc) is 3.69. The van der Waals surface area contributed by atoms with E-state index < -0.39 is 15.9 Å². The molecule has 2 aliphatic rings. The number of carbonyl (C=O) groups is 2. The van der Waals surface area contributed by atoms with Crippen molar-refractivity contribution in [1.82, 2.24) is 19.1 Å². The summed E-state index contributed by atoms with van der Waals surface area (Å²) in [5.74, 6) is -0.772. The first kappa shape index (κ1) is 24.4. The third-order valence-electron chi connectivity index (χ3n) is 7.14. The summed E-state index contributed by atoms with van der Waals surface area (Å²) in [5, 5.41) is 8.06. The molecule has 1 saturated carbocycles. The zero-order chi connectivity index (χ0) is 25.6. The van der Waals surface area contributed by atoms with Crippen LogP contribution >= 0.6 is 0 Å². The fourth-order valence-electron chi connectivity index (χ4n) is 4.89. The lowest BCUT2D eigenvalue weighted by atomic mass is 9.98. The first-order valence-electron chi connectivity index (χ1n) is 12.2. The molecule has 11 heteroatoms. The minimum absolute atomic E-state index is 0.0260. The van der Waals surface area contributed by atoms with Crippen LogP contribution in [0.2, 0.25) is 0 Å². The van der Waals surface area contributed by atoms with Crippen LogP contribution in [0.15, 0.2) is 30.3 Å². The predicted molar refractivity (Wildman–Crippen MR) is 136 cm³/mol. The second-order valence-electron chi connectivity index (χ2n) is 9.71. The molecule has 1 aromatic carbocycles. The summed E-state index contributed by atoms with van der Waals surface area (Å²) >= 11 is 0. The number of nitrogens with one attached hydrogen (secondary N) is 1. The Balaban J connectivity index is 1.32. The summed E-state index contributed by atoms with van der Waals surface area (Å²) in [6, 6.07) is 8.51. The van der Waals surface area contributed by atoms with Gasteiger partial charge in [-0.05, 0) is 57.6 Å². The number of pyridine rings is 1. The maximum absolute atomic E-state index is 13.3. The first-order chi connectivity index (χ1) is 17.1. The first-order valence-corrected chi connectivity index (χ1v) is 13.7. The van der Waals surface area contributed by atoms with Crippen molar-refractivity contribution < 1.29 is 18.0 Å². The lowest BCUT2D eigenvalue weighted by molar-refractivity contribution is 0.0996. The van der Waals surface area contributed by atoms with E-state index in [1.54, 1.807) is 28.6 Å². The summed E-state index contributed by atoms with van der Waals surface area (Å²) in [7, 11) is -3.13. The Kier molecular flexibility index (Phi) is 6.29. The van der Waals surface area contributed by atoms with E-state index >= 15 is 0 Å². The third-order valence-corrected chi connectivity index (χ3v) is 9.54. The van der Waals surface area contributed by atoms with Crippen molar-refractivity contribution in [3.05, 3.63) is 53.0 Å². The summed E-state index contributed by atoms with van der Waals surface area (Å²) < 4.78 is 28.6. The number of nitrogens with zero attached hydrogens (tertiary/aromatic N) is 4. The fraction of sp³-hybridized carbons (Fsp3) is 0.440. The van der Waals surface area contributed by atoms with Crippen LogP contribution in [-0.2, 0) is 16.6 Å². The maximum atomic E-state index is 13.3. The second kappa shape index (κ2) is 9.29. The number of amides is 2. The van der Waals surface area contributed by atoms with E-state index in [-0.39, 0.29) is 16.9 Å². The van der Waals surface area contributed by atoms with Crippen LogP contribution in [0.1, 0.15) is 57.9 Å². The molecule has 2 aromatic heterocycles. The molecule has 0 radical (unpaired) electrons. The molecule has 190 valence electrons. The van der Waals surface area contributed by atoms with E-state index in [2.05, 4.69) is 15.4 Å². The Bertz CT molecular complexity index is 1450. The molecule has 10 nitrogen and oxygen atoms in total. The van der Waals surface area contributed by atoms with Crippen molar-refractivity contribution in [2.45, 2.75) is 51.3 Å². The van der Waals surface area contributed by atoms with Crippen LogP contribution < -0.4 is 11.1 Å². The Labute approximate surface area is 209 Å². The molecule has 3 heterocycles. The molecular formula is C25H30N6O4S. The molecule has 1 aliphatic heterocycles. The highest BCUT2D eigenvalue weighted by molar-refractivity contribution is 7.90. The monoisotopic (exact) mass is 510 g/mol. The van der Waals surface area contributed by atoms with Crippen LogP contribution in [-0.4, -0.2) is 57.6 Å². The number of sulfonamides is 1. The third kappa shape index (κ3) is 4.60. The van der Waals surface area contributed by atoms with Gasteiger partial charge in [0.1, 0.15) is 5.69 Å². The van der Waals surface area contributed by atoms with Gasteiger partial charge in [-0.2, -0.15) is 5.10 Å². The lowest BCUT2D eigenvalue weighted by Gasteiger charge is -2.31. The van der Waals surface area contributed by atoms with Gasteiger partial charge in [-0.3, -0.25) is 14.3 Å². The Morgan fingerprint density at radius 1 is 1.11 bits per heavy atom. The van der Waals surface area contributed by atoms with E-state index in [4.69, 9.17) is 5.73 Å². The minimum Gasteiger partial charge on any atom is -0.364 e. The summed E-state index contributed by atoms with van der Waals surface area (Å²) in [6.07, 6.45) is 3.12. The van der Waals surface area contributed by atoms with Crippen LogP contribution in [0.25, 0.3) is 10.9 Å². The highest BCUT2D eigenvalue weighted by Gasteiger charge is 2.41. The van der Waals surface area contributed by atoms with Gasteiger partial charge >= 0.3 is 0 Å². The van der Waals surface area contributed by atoms with Crippen molar-refractivity contribution in [3.63, 3.8) is 0 Å². The Hall–Kier alpha value is -3.31. The number of fused-ring (bicyclic) bond motifs is 1. The molecule has 2 fully saturated rings. The molecule has 5 rings (SSSR count). The number of hydrogen-bond acceptors (Lipinski definition) is 6. The quantitative estimate of drug-likeness (QED) is 0.501. The van der Waals surface area contributed by atoms with Crippen LogP contribution in [0.4, 0.5) is 5.69 Å². The van der Waals surface area contributed by atoms with Gasteiger partial charge in [-0.1, -0.05) is 18.2 Å². The van der Waals surface area contributed by atoms with Crippen LogP contribution in [0, 0.1) is 19.8 Å². The van der Waals surface area contributed by atoms with Gasteiger partial charge in [-0.25, -0.2) is 17.7 Å². The number of piperidine rings is 1. The number of carbonyl (C=O) groups excluding carboxylic acids is 2. The van der Waals surface area contributed by atoms with Crippen molar-refractivity contribution in [2.75, 3.05) is 18.4 Å². The van der Waals surface area contributed by atoms with Crippen molar-refractivity contribution in [3.8, 4) is 0 Å². The van der Waals surface area contributed by atoms with E-state index in [0.717, 1.165) is 31.4 Å². The maximum Gasteiger partial charge on any atom is 0.267 e. The number of hydrogen-bond donors (Lipinski definition) is 2. The SMILES string of the molecule is Cc1nn(CC2CCN(S(=O)(=O)C3CC3)CC2)c(C)c1NC(=O)c1cc(C(N)=O)nc2ccccc12. The number of rotatable bonds is 7. The smallest absolute Gasteiger partial charge is 0.267 e. The topological polar surface area (TPSA) is 140 Å². The van der Waals surface area contributed by atoms with E-state index in [0.29, 0.717) is 53.4 Å². The molecular weight excluding hydrogens is 480 g/mol. The van der Waals surface area contributed by atoms with E-state index in [1.807, 2.05) is 18.5 Å². The number of para-hydroxylation sites is 1. The van der Waals surface area contributed by atoms with Crippen LogP contribution in [0.3, 0.4) is 0 Å². The number of aryl methyl sites for hydroxylation is 1. The molecule has 0 spiro atoms. The highest BCUT2D eigenvalue weighted by Crippen LogP contribution is 2.33. The van der Waals surface area contributed by atoms with E-state index in [1.165, 1.54) is 6.07 Å². The van der Waals surface area contributed by atoms with Crippen molar-refractivity contribution in [2.24, 2.45) is 11.7 Å². The number of primary amides is 1. The molecule has 0 atom stereocenters. The van der Waals surface area contributed by atoms with Crippen LogP contribution in [0.5, 0.6) is 0 Å². The number of benzene rings is 1. The minimum atomic E-state index is -3.13. The summed E-state index contributed by atoms with van der Waals surface area (Å²) in [6.45, 7) is 5.49. The zero-order valence-electron chi connectivity index (χ0n) is 20.4. The summed E-state index contributed by atoms with van der Waals surface area (Å²) in [4.78, 5) is 29.3. The molecule has 0 unspecified atom stereocenters. The second-order valence-corrected chi connectivity index (χ2v) is 11.9. The zero-order valence-corrected chi connectivity index (χ0v) is 21.2. The standard InChI is InChI=1S/C25H30N6O4S/c1-15-23(28-25(33)20-13-22(24(26)32)27-21-6-4-3-5-19(20)21)16(2)31(29-15)14-17-9-11-30(12-10-17)36(34,35)18-7-8-18/h3-6,13,17-18H,7-12,14H2,1-2H3,(H2,26,32)(H,28,33). The molecule has 1 saturated heterocycles. The van der Waals surface area contributed by atoms with Crippen molar-refractivity contribution >= 4 is 38.4 Å². The number of aromatic nitrogens is 3. The Morgan fingerprint density at radius 3 is 2.47 bits per heavy atom. The number of nitrogens with two attached hydrogens (primary N) is 1. The van der Waals surface area contributed by atoms with Gasteiger partial charge in [0.25, 0.3) is 11.8 Å². The van der Waals surface area contributed by atoms with Gasteiger partial charge in [-0.15, -0.1) is 0 Å². The van der Waals surface area contributed by atoms with Crippen molar-refractivity contribution in [1.29, 1.82) is 0 Å². The Morgan fingerprint density at radius 2 is 1.81 bits per heavy atom. The van der Waals surface area contributed by atoms with E-state index in [9.17, 15) is 18.0 Å². The average molecular weight is 511 g/mol. The fourth-order valence-corrected chi connectivity index (χ4v) is 6.77. The predicted octanol–water partition coefficient (Wildman–Crippen LogP) is 2.60. The largest absolute Gasteiger partial charge is 0.364 e. The molecule has 3 N–H and O–H groups in total. The number of anilines is 1. The van der Waals surface area contributed by atoms with Gasteiger partial charge in [0, 0.05) is 25.0 Å². The van der Waals surface area contributed by atoms with Gasteiger partial charge < -0.3 is 11.1 Å². The molecule has 36 heavy (non-hydrogen) atoms. The molecule has 3 aromatic rings. The van der Waals surface area contributed by atoms with Gasteiger partial charge in [0.15, 0.2) is 0 Å². The molecule has 0 bridgehead atoms.